The number of carbonyl (C=O) groups excluding carboxylic acids is 3. The van der Waals surface area contributed by atoms with E-state index in [-0.39, 0.29) is 23.1 Å². The highest BCUT2D eigenvalue weighted by Gasteiger charge is 2.34. The van der Waals surface area contributed by atoms with Gasteiger partial charge in [0, 0.05) is 13.1 Å². The van der Waals surface area contributed by atoms with E-state index in [1.807, 2.05) is 6.07 Å². The Labute approximate surface area is 197 Å². The van der Waals surface area contributed by atoms with E-state index < -0.39 is 11.8 Å². The number of halogens is 2. The van der Waals surface area contributed by atoms with Gasteiger partial charge in [0.25, 0.3) is 17.7 Å². The first kappa shape index (κ1) is 22.3. The smallest absolute Gasteiger partial charge is 0.282 e. The van der Waals surface area contributed by atoms with Gasteiger partial charge in [0.05, 0.1) is 28.4 Å². The van der Waals surface area contributed by atoms with Crippen LogP contribution in [0.4, 0.5) is 5.69 Å². The number of nitrogens with one attached hydrogen (secondary N) is 1. The van der Waals surface area contributed by atoms with Crippen LogP contribution >= 0.6 is 27.5 Å². The fraction of sp³-hybridized carbons (Fsp3) is 0.227. The van der Waals surface area contributed by atoms with Crippen LogP contribution in [0.3, 0.4) is 0 Å². The minimum Gasteiger partial charge on any atom is -0.481 e. The lowest BCUT2D eigenvalue weighted by Crippen LogP contribution is -2.43. The van der Waals surface area contributed by atoms with E-state index in [1.54, 1.807) is 41.3 Å². The molecule has 2 aliphatic rings. The molecule has 0 unspecified atom stereocenters. The van der Waals surface area contributed by atoms with Crippen molar-refractivity contribution in [1.29, 1.82) is 0 Å². The molecule has 8 nitrogen and oxygen atoms in total. The van der Waals surface area contributed by atoms with Crippen molar-refractivity contribution in [3.8, 4) is 5.75 Å². The number of nitrogens with zero attached hydrogens (tertiary/aromatic N) is 2. The highest BCUT2D eigenvalue weighted by Crippen LogP contribution is 2.35. The highest BCUT2D eigenvalue weighted by atomic mass is 79.9. The third kappa shape index (κ3) is 4.79. The summed E-state index contributed by atoms with van der Waals surface area (Å²) < 4.78 is 11.4. The Morgan fingerprint density at radius 1 is 1.19 bits per heavy atom. The van der Waals surface area contributed by atoms with Gasteiger partial charge in [0.15, 0.2) is 12.4 Å². The fourth-order valence-electron chi connectivity index (χ4n) is 3.32. The number of hydrogen-bond donors (Lipinski definition) is 1. The van der Waals surface area contributed by atoms with Crippen molar-refractivity contribution in [3.63, 3.8) is 0 Å². The quantitative estimate of drug-likeness (QED) is 0.484. The largest absolute Gasteiger partial charge is 0.481 e. The lowest BCUT2D eigenvalue weighted by Gasteiger charge is -2.26. The number of ether oxygens (including phenoxy) is 2. The zero-order valence-electron chi connectivity index (χ0n) is 16.8. The molecule has 0 aliphatic carbocycles. The molecular formula is C22H19BrClN3O5. The molecule has 0 spiro atoms. The summed E-state index contributed by atoms with van der Waals surface area (Å²) in [6.07, 6.45) is 1.46. The maximum absolute atomic E-state index is 12.7. The number of amides is 3. The van der Waals surface area contributed by atoms with Crippen molar-refractivity contribution in [2.45, 2.75) is 0 Å². The summed E-state index contributed by atoms with van der Waals surface area (Å²) in [7, 11) is 0. The molecule has 2 saturated heterocycles. The summed E-state index contributed by atoms with van der Waals surface area (Å²) >= 11 is 9.75. The maximum Gasteiger partial charge on any atom is 0.282 e. The van der Waals surface area contributed by atoms with Gasteiger partial charge in [-0.2, -0.15) is 0 Å². The van der Waals surface area contributed by atoms with Gasteiger partial charge in [-0.25, -0.2) is 5.01 Å². The summed E-state index contributed by atoms with van der Waals surface area (Å²) in [6, 6.07) is 12.0. The average Bonchev–Trinajstić information content (AvgIpc) is 3.08. The van der Waals surface area contributed by atoms with Gasteiger partial charge in [0.1, 0.15) is 5.57 Å². The Morgan fingerprint density at radius 2 is 1.91 bits per heavy atom. The van der Waals surface area contributed by atoms with Crippen molar-refractivity contribution in [1.82, 2.24) is 10.3 Å². The number of hydrazine groups is 1. The second-order valence-corrected chi connectivity index (χ2v) is 8.33. The Kier molecular flexibility index (Phi) is 6.78. The summed E-state index contributed by atoms with van der Waals surface area (Å²) in [6.45, 7) is 1.91. The second kappa shape index (κ2) is 9.72. The van der Waals surface area contributed by atoms with Crippen LogP contribution in [0.15, 0.2) is 52.5 Å². The fourth-order valence-corrected chi connectivity index (χ4v) is 4.31. The summed E-state index contributed by atoms with van der Waals surface area (Å²) in [4.78, 5) is 39.1. The highest BCUT2D eigenvalue weighted by molar-refractivity contribution is 9.10. The van der Waals surface area contributed by atoms with E-state index in [0.717, 1.165) is 0 Å². The number of rotatable bonds is 5. The van der Waals surface area contributed by atoms with Gasteiger partial charge in [-0.1, -0.05) is 29.8 Å². The monoisotopic (exact) mass is 519 g/mol. The van der Waals surface area contributed by atoms with E-state index in [0.29, 0.717) is 47.8 Å². The lowest BCUT2D eigenvalue weighted by molar-refractivity contribution is -0.137. The van der Waals surface area contributed by atoms with E-state index >= 15 is 0 Å². The number of carbonyl (C=O) groups is 3. The lowest BCUT2D eigenvalue weighted by atomic mass is 10.1. The third-order valence-corrected chi connectivity index (χ3v) is 5.81. The van der Waals surface area contributed by atoms with Crippen molar-refractivity contribution < 1.29 is 23.9 Å². The number of benzene rings is 2. The Hall–Kier alpha value is -2.88. The SMILES string of the molecule is O=C1NN(c2ccccc2)C(=O)/C1=C\c1cc(Cl)c(OCC(=O)N2CCOCC2)c(Br)c1. The van der Waals surface area contributed by atoms with Crippen LogP contribution in [0.1, 0.15) is 5.56 Å². The number of anilines is 1. The van der Waals surface area contributed by atoms with Gasteiger partial charge >= 0.3 is 0 Å². The van der Waals surface area contributed by atoms with Crippen LogP contribution in [-0.4, -0.2) is 55.5 Å². The zero-order chi connectivity index (χ0) is 22.7. The molecule has 0 radical (unpaired) electrons. The maximum atomic E-state index is 12.7. The van der Waals surface area contributed by atoms with Crippen molar-refractivity contribution in [2.75, 3.05) is 37.9 Å². The predicted molar refractivity (Wildman–Crippen MR) is 122 cm³/mol. The van der Waals surface area contributed by atoms with Gasteiger partial charge in [-0.3, -0.25) is 19.8 Å². The average molecular weight is 521 g/mol. The summed E-state index contributed by atoms with van der Waals surface area (Å²) in [5, 5.41) is 1.44. The van der Waals surface area contributed by atoms with Crippen LogP contribution < -0.4 is 15.2 Å². The minimum absolute atomic E-state index is 0.0204. The van der Waals surface area contributed by atoms with Crippen LogP contribution in [-0.2, 0) is 19.1 Å². The van der Waals surface area contributed by atoms with E-state index in [2.05, 4.69) is 21.4 Å². The first-order valence-electron chi connectivity index (χ1n) is 9.83. The van der Waals surface area contributed by atoms with Crippen molar-refractivity contribution >= 4 is 57.0 Å². The van der Waals surface area contributed by atoms with Crippen LogP contribution in [0.2, 0.25) is 5.02 Å². The van der Waals surface area contributed by atoms with E-state index in [1.165, 1.54) is 11.1 Å². The van der Waals surface area contributed by atoms with Crippen LogP contribution in [0, 0.1) is 0 Å². The Bertz CT molecular complexity index is 1060. The van der Waals surface area contributed by atoms with Crippen LogP contribution in [0.25, 0.3) is 6.08 Å². The number of morpholine rings is 1. The minimum atomic E-state index is -0.512. The van der Waals surface area contributed by atoms with Gasteiger partial charge in [-0.05, 0) is 51.8 Å². The standard InChI is InChI=1S/C22H19BrClN3O5/c23-17-11-14(10-16-21(29)25-27(22(16)30)15-4-2-1-3-5-15)12-18(24)20(17)32-13-19(28)26-6-8-31-9-7-26/h1-5,10-12H,6-9,13H2,(H,25,29)/b16-10-. The van der Waals surface area contributed by atoms with Crippen molar-refractivity contribution in [2.24, 2.45) is 0 Å². The molecule has 4 rings (SSSR count). The first-order chi connectivity index (χ1) is 15.4. The van der Waals surface area contributed by atoms with Gasteiger partial charge in [-0.15, -0.1) is 0 Å². The number of para-hydroxylation sites is 1. The van der Waals surface area contributed by atoms with Crippen LogP contribution in [0.5, 0.6) is 5.75 Å². The second-order valence-electron chi connectivity index (χ2n) is 7.07. The molecule has 2 aromatic carbocycles. The molecule has 3 amide bonds. The summed E-state index contributed by atoms with van der Waals surface area (Å²) in [5.74, 6) is -0.826. The van der Waals surface area contributed by atoms with Gasteiger partial charge < -0.3 is 14.4 Å². The third-order valence-electron chi connectivity index (χ3n) is 4.94. The predicted octanol–water partition coefficient (Wildman–Crippen LogP) is 2.80. The first-order valence-corrected chi connectivity index (χ1v) is 11.0. The molecule has 2 heterocycles. The summed E-state index contributed by atoms with van der Waals surface area (Å²) in [5.41, 5.74) is 3.62. The Morgan fingerprint density at radius 3 is 2.59 bits per heavy atom. The molecule has 2 aromatic rings. The molecular weight excluding hydrogens is 502 g/mol. The van der Waals surface area contributed by atoms with Crippen molar-refractivity contribution in [3.05, 3.63) is 63.1 Å². The molecule has 166 valence electrons. The zero-order valence-corrected chi connectivity index (χ0v) is 19.2. The topological polar surface area (TPSA) is 88.2 Å². The van der Waals surface area contributed by atoms with E-state index in [9.17, 15) is 14.4 Å². The van der Waals surface area contributed by atoms with Gasteiger partial charge in [0.2, 0.25) is 0 Å². The normalized spacial score (nSPS) is 17.6. The molecule has 10 heteroatoms. The number of hydrogen-bond acceptors (Lipinski definition) is 5. The molecule has 0 bridgehead atoms. The molecule has 0 aromatic heterocycles. The van der Waals surface area contributed by atoms with E-state index in [4.69, 9.17) is 21.1 Å². The molecule has 2 fully saturated rings. The molecule has 2 aliphatic heterocycles. The Balaban J connectivity index is 1.49. The molecule has 0 saturated carbocycles. The molecule has 1 N–H and O–H groups in total. The molecule has 0 atom stereocenters. The molecule has 32 heavy (non-hydrogen) atoms.